The summed E-state index contributed by atoms with van der Waals surface area (Å²) in [6.07, 6.45) is 1.47. The number of ether oxygens (including phenoxy) is 1. The number of hydrogen-bond acceptors (Lipinski definition) is 3. The Hall–Kier alpha value is -1.16. The van der Waals surface area contributed by atoms with E-state index in [9.17, 15) is 4.79 Å². The average molecular weight is 249 g/mol. The van der Waals surface area contributed by atoms with E-state index in [2.05, 4.69) is 6.07 Å². The highest BCUT2D eigenvalue weighted by Crippen LogP contribution is 2.28. The summed E-state index contributed by atoms with van der Waals surface area (Å²) in [5.41, 5.74) is 1.22. The van der Waals surface area contributed by atoms with Gasteiger partial charge in [0.1, 0.15) is 5.75 Å². The van der Waals surface area contributed by atoms with E-state index in [4.69, 9.17) is 4.74 Å². The number of carbonyl (C=O) groups is 1. The van der Waals surface area contributed by atoms with Crippen LogP contribution < -0.4 is 4.74 Å². The van der Waals surface area contributed by atoms with E-state index in [-0.39, 0.29) is 12.0 Å². The van der Waals surface area contributed by atoms with Crippen LogP contribution in [0.1, 0.15) is 12.0 Å². The predicted molar refractivity (Wildman–Crippen MR) is 68.2 cm³/mol. The van der Waals surface area contributed by atoms with E-state index in [1.807, 2.05) is 34.9 Å². The second-order valence-corrected chi connectivity index (χ2v) is 5.47. The Morgan fingerprint density at radius 2 is 2.29 bits per heavy atom. The highest BCUT2D eigenvalue weighted by Gasteiger charge is 2.30. The summed E-state index contributed by atoms with van der Waals surface area (Å²) >= 11 is 1.81. The van der Waals surface area contributed by atoms with Crippen LogP contribution in [0.4, 0.5) is 0 Å². The lowest BCUT2D eigenvalue weighted by Crippen LogP contribution is -2.42. The van der Waals surface area contributed by atoms with Crippen LogP contribution >= 0.6 is 11.8 Å². The third kappa shape index (κ3) is 2.14. The third-order valence-corrected chi connectivity index (χ3v) is 4.22. The number of aryl methyl sites for hydroxylation is 1. The Morgan fingerprint density at radius 1 is 1.41 bits per heavy atom. The van der Waals surface area contributed by atoms with E-state index >= 15 is 0 Å². The first-order chi connectivity index (χ1) is 8.34. The number of carbonyl (C=O) groups excluding carboxylic acids is 1. The Bertz CT molecular complexity index is 429. The molecule has 2 heterocycles. The van der Waals surface area contributed by atoms with Crippen LogP contribution in [0.3, 0.4) is 0 Å². The van der Waals surface area contributed by atoms with Crippen LogP contribution in [-0.4, -0.2) is 35.1 Å². The van der Waals surface area contributed by atoms with Crippen molar-refractivity contribution in [2.24, 2.45) is 0 Å². The molecule has 2 aliphatic heterocycles. The monoisotopic (exact) mass is 249 g/mol. The number of thioether (sulfide) groups is 1. The van der Waals surface area contributed by atoms with Crippen molar-refractivity contribution in [3.63, 3.8) is 0 Å². The van der Waals surface area contributed by atoms with Gasteiger partial charge in [-0.1, -0.05) is 18.2 Å². The molecular formula is C13H15NO2S. The second-order valence-electron chi connectivity index (χ2n) is 4.39. The van der Waals surface area contributed by atoms with Gasteiger partial charge in [0, 0.05) is 12.3 Å². The van der Waals surface area contributed by atoms with Crippen LogP contribution in [0.15, 0.2) is 24.3 Å². The first-order valence-electron chi connectivity index (χ1n) is 5.96. The lowest BCUT2D eigenvalue weighted by molar-refractivity contribution is -0.137. The molecule has 1 saturated heterocycles. The molecule has 2 aliphatic rings. The zero-order valence-electron chi connectivity index (χ0n) is 9.59. The molecule has 3 nitrogen and oxygen atoms in total. The summed E-state index contributed by atoms with van der Waals surface area (Å²) in [4.78, 5) is 14.1. The molecular weight excluding hydrogens is 234 g/mol. The van der Waals surface area contributed by atoms with Crippen molar-refractivity contribution in [3.05, 3.63) is 29.8 Å². The molecule has 17 heavy (non-hydrogen) atoms. The minimum absolute atomic E-state index is 0.157. The first-order valence-corrected chi connectivity index (χ1v) is 7.11. The van der Waals surface area contributed by atoms with Crippen molar-refractivity contribution in [3.8, 4) is 5.75 Å². The van der Waals surface area contributed by atoms with Crippen molar-refractivity contribution >= 4 is 17.7 Å². The van der Waals surface area contributed by atoms with Crippen LogP contribution in [0.2, 0.25) is 0 Å². The second kappa shape index (κ2) is 4.61. The Balaban J connectivity index is 1.73. The summed E-state index contributed by atoms with van der Waals surface area (Å²) in [7, 11) is 0. The molecule has 1 aromatic carbocycles. The van der Waals surface area contributed by atoms with Gasteiger partial charge in [-0.2, -0.15) is 0 Å². The lowest BCUT2D eigenvalue weighted by atomic mass is 10.0. The SMILES string of the molecule is O=C(C1CCc2ccccc2O1)N1CCSC1. The van der Waals surface area contributed by atoms with E-state index < -0.39 is 0 Å². The van der Waals surface area contributed by atoms with E-state index in [1.165, 1.54) is 5.56 Å². The molecule has 4 heteroatoms. The number of amides is 1. The zero-order chi connectivity index (χ0) is 11.7. The molecule has 0 radical (unpaired) electrons. The summed E-state index contributed by atoms with van der Waals surface area (Å²) in [6.45, 7) is 0.866. The van der Waals surface area contributed by atoms with E-state index in [0.717, 1.165) is 36.8 Å². The van der Waals surface area contributed by atoms with Gasteiger partial charge in [0.2, 0.25) is 0 Å². The molecule has 0 spiro atoms. The fourth-order valence-corrected chi connectivity index (χ4v) is 3.24. The molecule has 1 fully saturated rings. The maximum atomic E-state index is 12.2. The van der Waals surface area contributed by atoms with Crippen molar-refractivity contribution in [1.82, 2.24) is 4.90 Å². The zero-order valence-corrected chi connectivity index (χ0v) is 10.4. The lowest BCUT2D eigenvalue weighted by Gasteiger charge is -2.28. The maximum absolute atomic E-state index is 12.2. The quantitative estimate of drug-likeness (QED) is 0.761. The van der Waals surface area contributed by atoms with E-state index in [0.29, 0.717) is 0 Å². The smallest absolute Gasteiger partial charge is 0.264 e. The Labute approximate surface area is 105 Å². The molecule has 0 N–H and O–H groups in total. The Morgan fingerprint density at radius 3 is 3.12 bits per heavy atom. The fraction of sp³-hybridized carbons (Fsp3) is 0.462. The van der Waals surface area contributed by atoms with Gasteiger partial charge in [-0.15, -0.1) is 11.8 Å². The van der Waals surface area contributed by atoms with Gasteiger partial charge in [0.15, 0.2) is 6.10 Å². The third-order valence-electron chi connectivity index (χ3n) is 3.26. The van der Waals surface area contributed by atoms with Gasteiger partial charge < -0.3 is 9.64 Å². The van der Waals surface area contributed by atoms with Crippen LogP contribution in [0, 0.1) is 0 Å². The van der Waals surface area contributed by atoms with Crippen molar-refractivity contribution in [2.75, 3.05) is 18.2 Å². The van der Waals surface area contributed by atoms with Crippen molar-refractivity contribution in [1.29, 1.82) is 0 Å². The number of fused-ring (bicyclic) bond motifs is 1. The summed E-state index contributed by atoms with van der Waals surface area (Å²) < 4.78 is 5.81. The van der Waals surface area contributed by atoms with Gasteiger partial charge >= 0.3 is 0 Å². The van der Waals surface area contributed by atoms with Gasteiger partial charge in [-0.25, -0.2) is 0 Å². The molecule has 1 unspecified atom stereocenters. The number of para-hydroxylation sites is 1. The summed E-state index contributed by atoms with van der Waals surface area (Å²) in [5, 5.41) is 0. The normalized spacial score (nSPS) is 23.1. The van der Waals surface area contributed by atoms with Gasteiger partial charge in [-0.3, -0.25) is 4.79 Å². The fourth-order valence-electron chi connectivity index (χ4n) is 2.29. The van der Waals surface area contributed by atoms with E-state index in [1.54, 1.807) is 0 Å². The molecule has 90 valence electrons. The highest BCUT2D eigenvalue weighted by atomic mass is 32.2. The van der Waals surface area contributed by atoms with Gasteiger partial charge in [0.25, 0.3) is 5.91 Å². The summed E-state index contributed by atoms with van der Waals surface area (Å²) in [5.74, 6) is 2.91. The number of hydrogen-bond donors (Lipinski definition) is 0. The molecule has 0 aromatic heterocycles. The topological polar surface area (TPSA) is 29.5 Å². The van der Waals surface area contributed by atoms with Gasteiger partial charge in [-0.05, 0) is 24.5 Å². The van der Waals surface area contributed by atoms with Crippen LogP contribution in [-0.2, 0) is 11.2 Å². The first kappa shape index (κ1) is 11.0. The molecule has 0 aliphatic carbocycles. The van der Waals surface area contributed by atoms with Crippen molar-refractivity contribution in [2.45, 2.75) is 18.9 Å². The molecule has 1 aromatic rings. The largest absolute Gasteiger partial charge is 0.480 e. The number of benzene rings is 1. The molecule has 3 rings (SSSR count). The van der Waals surface area contributed by atoms with Crippen molar-refractivity contribution < 1.29 is 9.53 Å². The molecule has 1 amide bonds. The molecule has 1 atom stereocenters. The minimum Gasteiger partial charge on any atom is -0.480 e. The maximum Gasteiger partial charge on any atom is 0.264 e. The summed E-state index contributed by atoms with van der Waals surface area (Å²) in [6, 6.07) is 7.99. The molecule has 0 bridgehead atoms. The number of nitrogens with zero attached hydrogens (tertiary/aromatic N) is 1. The Kier molecular flexibility index (Phi) is 2.97. The minimum atomic E-state index is -0.274. The number of rotatable bonds is 1. The molecule has 0 saturated carbocycles. The standard InChI is InChI=1S/C13H15NO2S/c15-13(14-7-8-17-9-14)12-6-5-10-3-1-2-4-11(10)16-12/h1-4,12H,5-9H2. The highest BCUT2D eigenvalue weighted by molar-refractivity contribution is 7.99. The van der Waals surface area contributed by atoms with Crippen LogP contribution in [0.25, 0.3) is 0 Å². The predicted octanol–water partition coefficient (Wildman–Crippen LogP) is 1.91. The average Bonchev–Trinajstić information content (AvgIpc) is 2.91. The van der Waals surface area contributed by atoms with Crippen LogP contribution in [0.5, 0.6) is 5.75 Å². The van der Waals surface area contributed by atoms with Gasteiger partial charge in [0.05, 0.1) is 5.88 Å².